The highest BCUT2D eigenvalue weighted by atomic mass is 32.1. The number of ether oxygens (including phenoxy) is 1. The Bertz CT molecular complexity index is 1340. The molecule has 1 aromatic heterocycles. The van der Waals surface area contributed by atoms with Crippen molar-refractivity contribution in [1.29, 1.82) is 0 Å². The van der Waals surface area contributed by atoms with Crippen LogP contribution in [0.2, 0.25) is 0 Å². The molecule has 11 nitrogen and oxygen atoms in total. The van der Waals surface area contributed by atoms with Gasteiger partial charge >= 0.3 is 0 Å². The summed E-state index contributed by atoms with van der Waals surface area (Å²) in [5.74, 6) is -0.876. The van der Waals surface area contributed by atoms with Crippen LogP contribution < -0.4 is 16.4 Å². The fourth-order valence-electron chi connectivity index (χ4n) is 5.79. The van der Waals surface area contributed by atoms with E-state index in [1.165, 1.54) is 4.90 Å². The molecule has 2 aromatic rings. The van der Waals surface area contributed by atoms with Gasteiger partial charge in [0.15, 0.2) is 0 Å². The Morgan fingerprint density at radius 2 is 1.77 bits per heavy atom. The predicted molar refractivity (Wildman–Crippen MR) is 188 cm³/mol. The van der Waals surface area contributed by atoms with Crippen LogP contribution in [0.1, 0.15) is 96.7 Å². The van der Waals surface area contributed by atoms with E-state index < -0.39 is 23.6 Å². The van der Waals surface area contributed by atoms with E-state index in [4.69, 9.17) is 10.5 Å². The van der Waals surface area contributed by atoms with Gasteiger partial charge in [-0.25, -0.2) is 4.98 Å². The number of amides is 4. The Morgan fingerprint density at radius 3 is 2.42 bits per heavy atom. The number of nitrogens with one attached hydrogen (secondary N) is 2. The monoisotopic (exact) mass is 685 g/mol. The smallest absolute Gasteiger partial charge is 0.246 e. The molecule has 4 amide bonds. The van der Waals surface area contributed by atoms with E-state index in [-0.39, 0.29) is 36.6 Å². The van der Waals surface area contributed by atoms with Crippen molar-refractivity contribution in [2.24, 2.45) is 17.1 Å². The van der Waals surface area contributed by atoms with Crippen LogP contribution in [-0.4, -0.2) is 76.6 Å². The van der Waals surface area contributed by atoms with Crippen LogP contribution in [-0.2, 0) is 30.5 Å². The summed E-state index contributed by atoms with van der Waals surface area (Å²) < 4.78 is 5.70. The van der Waals surface area contributed by atoms with Gasteiger partial charge in [-0.2, -0.15) is 0 Å². The number of aliphatic hydroxyl groups excluding tert-OH is 1. The van der Waals surface area contributed by atoms with Crippen molar-refractivity contribution in [2.75, 3.05) is 19.8 Å². The van der Waals surface area contributed by atoms with Crippen molar-refractivity contribution in [3.8, 4) is 10.4 Å². The highest BCUT2D eigenvalue weighted by Gasteiger charge is 2.44. The number of hydrogen-bond acceptors (Lipinski definition) is 8. The number of benzene rings is 1. The molecule has 0 bridgehead atoms. The lowest BCUT2D eigenvalue weighted by atomic mass is 9.85. The number of carbonyl (C=O) groups is 4. The molecule has 1 fully saturated rings. The summed E-state index contributed by atoms with van der Waals surface area (Å²) in [6, 6.07) is 6.26. The molecule has 3 rings (SSSR count). The molecule has 12 heteroatoms. The standard InChI is InChI=1S/C36H55N5O6S/c1-24(12-17-30(37)43)22-47-18-10-8-6-7-9-11-31(44)40-33(36(3,4)5)35(46)41-21-28(42)19-29(41)34(45)38-20-26-13-15-27(16-14-26)32-25(2)39-23-48-32/h13-16,23-24,28-29,33,42H,6-12,17-22H2,1-5H3,(H2,37,43)(H,38,45)(H,40,44)/t24-,28+,29-,33+/m0/s1. The SMILES string of the molecule is Cc1ncsc1-c1ccc(CNC(=O)[C@@H]2C[C@@H](O)CN2C(=O)[C@@H](NC(=O)CCCCCCCOC[C@@H](C)CCC(N)=O)C(C)(C)C)cc1. The van der Waals surface area contributed by atoms with E-state index in [2.05, 4.69) is 15.6 Å². The van der Waals surface area contributed by atoms with Gasteiger partial charge in [0, 0.05) is 45.6 Å². The molecule has 1 aliphatic heterocycles. The van der Waals surface area contributed by atoms with E-state index in [1.807, 2.05) is 64.4 Å². The first-order valence-corrected chi connectivity index (χ1v) is 18.0. The Labute approximate surface area is 289 Å². The van der Waals surface area contributed by atoms with Crippen molar-refractivity contribution < 1.29 is 29.0 Å². The third-order valence-corrected chi connectivity index (χ3v) is 9.67. The van der Waals surface area contributed by atoms with Crippen LogP contribution in [0.5, 0.6) is 0 Å². The Morgan fingerprint density at radius 1 is 1.08 bits per heavy atom. The van der Waals surface area contributed by atoms with Crippen LogP contribution in [0.4, 0.5) is 0 Å². The quantitative estimate of drug-likeness (QED) is 0.158. The zero-order valence-corrected chi connectivity index (χ0v) is 30.1. The summed E-state index contributed by atoms with van der Waals surface area (Å²) in [6.07, 6.45) is 5.27. The number of carbonyl (C=O) groups excluding carboxylic acids is 4. The van der Waals surface area contributed by atoms with Gasteiger partial charge in [0.2, 0.25) is 23.6 Å². The number of primary amides is 1. The maximum atomic E-state index is 13.8. The number of aromatic nitrogens is 1. The fourth-order valence-corrected chi connectivity index (χ4v) is 6.60. The zero-order valence-electron chi connectivity index (χ0n) is 29.3. The van der Waals surface area contributed by atoms with Crippen LogP contribution >= 0.6 is 11.3 Å². The lowest BCUT2D eigenvalue weighted by molar-refractivity contribution is -0.144. The van der Waals surface area contributed by atoms with Crippen molar-refractivity contribution in [2.45, 2.75) is 117 Å². The third-order valence-electron chi connectivity index (χ3n) is 8.69. The number of aryl methyl sites for hydroxylation is 1. The zero-order chi connectivity index (χ0) is 35.3. The average Bonchev–Trinajstić information content (AvgIpc) is 3.65. The summed E-state index contributed by atoms with van der Waals surface area (Å²) >= 11 is 1.58. The molecular weight excluding hydrogens is 630 g/mol. The largest absolute Gasteiger partial charge is 0.391 e. The molecule has 1 aromatic carbocycles. The first-order valence-electron chi connectivity index (χ1n) is 17.2. The van der Waals surface area contributed by atoms with E-state index in [9.17, 15) is 24.3 Å². The summed E-state index contributed by atoms with van der Waals surface area (Å²) in [5.41, 5.74) is 9.37. The number of aliphatic hydroxyl groups is 1. The molecular formula is C36H55N5O6S. The number of likely N-dealkylation sites (tertiary alicyclic amines) is 1. The molecule has 0 spiro atoms. The number of rotatable bonds is 19. The molecule has 0 radical (unpaired) electrons. The minimum absolute atomic E-state index is 0.0399. The second kappa shape index (κ2) is 19.0. The van der Waals surface area contributed by atoms with Crippen LogP contribution in [0, 0.1) is 18.3 Å². The molecule has 1 aliphatic rings. The summed E-state index contributed by atoms with van der Waals surface area (Å²) in [5, 5.41) is 16.3. The lowest BCUT2D eigenvalue weighted by Gasteiger charge is -2.35. The maximum absolute atomic E-state index is 13.8. The van der Waals surface area contributed by atoms with Gasteiger partial charge in [-0.3, -0.25) is 19.2 Å². The van der Waals surface area contributed by atoms with Gasteiger partial charge < -0.3 is 31.1 Å². The fraction of sp³-hybridized carbons (Fsp3) is 0.639. The second-order valence-electron chi connectivity index (χ2n) is 14.1. The van der Waals surface area contributed by atoms with Gasteiger partial charge in [-0.1, -0.05) is 71.2 Å². The first kappa shape index (κ1) is 39.1. The average molecular weight is 686 g/mol. The Balaban J connectivity index is 1.43. The predicted octanol–water partition coefficient (Wildman–Crippen LogP) is 4.49. The van der Waals surface area contributed by atoms with E-state index in [0.717, 1.165) is 53.8 Å². The number of thiazole rings is 1. The molecule has 4 atom stereocenters. The van der Waals surface area contributed by atoms with Crippen molar-refractivity contribution in [3.05, 3.63) is 41.0 Å². The van der Waals surface area contributed by atoms with Crippen molar-refractivity contribution in [3.63, 3.8) is 0 Å². The number of β-amino-alcohol motifs (C(OH)–C–C–N with tert-alkyl or cyclic N) is 1. The normalized spacial score (nSPS) is 17.6. The summed E-state index contributed by atoms with van der Waals surface area (Å²) in [6.45, 7) is 11.3. The number of nitrogens with zero attached hydrogens (tertiary/aromatic N) is 2. The minimum Gasteiger partial charge on any atom is -0.391 e. The Kier molecular flexibility index (Phi) is 15.5. The molecule has 0 saturated carbocycles. The van der Waals surface area contributed by atoms with Gasteiger partial charge in [-0.15, -0.1) is 11.3 Å². The van der Waals surface area contributed by atoms with Gasteiger partial charge in [0.05, 0.1) is 22.2 Å². The molecule has 266 valence electrons. The first-order chi connectivity index (χ1) is 22.8. The van der Waals surface area contributed by atoms with E-state index >= 15 is 0 Å². The van der Waals surface area contributed by atoms with Crippen molar-refractivity contribution in [1.82, 2.24) is 20.5 Å². The maximum Gasteiger partial charge on any atom is 0.246 e. The highest BCUT2D eigenvalue weighted by Crippen LogP contribution is 2.28. The molecule has 0 aliphatic carbocycles. The number of hydrogen-bond donors (Lipinski definition) is 4. The number of nitrogens with two attached hydrogens (primary N) is 1. The van der Waals surface area contributed by atoms with E-state index in [0.29, 0.717) is 44.9 Å². The molecule has 0 unspecified atom stereocenters. The summed E-state index contributed by atoms with van der Waals surface area (Å²) in [4.78, 5) is 57.8. The summed E-state index contributed by atoms with van der Waals surface area (Å²) in [7, 11) is 0. The third kappa shape index (κ3) is 12.6. The second-order valence-corrected chi connectivity index (χ2v) is 15.0. The van der Waals surface area contributed by atoms with E-state index in [1.54, 1.807) is 11.3 Å². The molecule has 48 heavy (non-hydrogen) atoms. The highest BCUT2D eigenvalue weighted by molar-refractivity contribution is 7.13. The van der Waals surface area contributed by atoms with Crippen LogP contribution in [0.25, 0.3) is 10.4 Å². The minimum atomic E-state index is -0.837. The number of unbranched alkanes of at least 4 members (excludes halogenated alkanes) is 4. The van der Waals surface area contributed by atoms with Crippen LogP contribution in [0.3, 0.4) is 0 Å². The van der Waals surface area contributed by atoms with Gasteiger partial charge in [0.1, 0.15) is 12.1 Å². The molecule has 2 heterocycles. The van der Waals surface area contributed by atoms with Crippen molar-refractivity contribution >= 4 is 35.0 Å². The molecule has 5 N–H and O–H groups in total. The van der Waals surface area contributed by atoms with Crippen LogP contribution in [0.15, 0.2) is 29.8 Å². The Hall–Kier alpha value is -3.35. The lowest BCUT2D eigenvalue weighted by Crippen LogP contribution is -2.57. The van der Waals surface area contributed by atoms with Gasteiger partial charge in [-0.05, 0) is 48.6 Å². The topological polar surface area (TPSA) is 164 Å². The molecule has 1 saturated heterocycles. The van der Waals surface area contributed by atoms with Gasteiger partial charge in [0.25, 0.3) is 0 Å².